The zero-order valence-corrected chi connectivity index (χ0v) is 15.5. The molecule has 0 fully saturated rings. The second kappa shape index (κ2) is 6.07. The Bertz CT molecular complexity index is 1050. The first kappa shape index (κ1) is 15.3. The number of hydrogen-bond donors (Lipinski definition) is 0. The maximum Gasteiger partial charge on any atom is 0.197 e. The van der Waals surface area contributed by atoms with E-state index in [9.17, 15) is 0 Å². The van der Waals surface area contributed by atoms with Gasteiger partial charge in [-0.1, -0.05) is 24.8 Å². The Morgan fingerprint density at radius 2 is 2.24 bits per heavy atom. The molecule has 4 aromatic rings. The second-order valence-electron chi connectivity index (χ2n) is 6.56. The fraction of sp³-hybridized carbons (Fsp3) is 0.333. The summed E-state index contributed by atoms with van der Waals surface area (Å²) in [5.41, 5.74) is 3.44. The summed E-state index contributed by atoms with van der Waals surface area (Å²) in [4.78, 5) is 11.7. The van der Waals surface area contributed by atoms with Crippen molar-refractivity contribution < 1.29 is 0 Å². The molecule has 126 valence electrons. The molecular formula is C18H17N5S2. The Kier molecular flexibility index (Phi) is 3.71. The van der Waals surface area contributed by atoms with Crippen LogP contribution in [0.3, 0.4) is 0 Å². The first-order valence-electron chi connectivity index (χ1n) is 8.46. The third kappa shape index (κ3) is 2.62. The number of thioether (sulfide) groups is 1. The zero-order chi connectivity index (χ0) is 16.8. The largest absolute Gasteiger partial charge is 0.260 e. The van der Waals surface area contributed by atoms with Crippen LogP contribution in [0.1, 0.15) is 29.5 Å². The number of aromatic nitrogens is 5. The minimum Gasteiger partial charge on any atom is -0.260 e. The molecule has 0 aromatic carbocycles. The van der Waals surface area contributed by atoms with Crippen molar-refractivity contribution in [3.8, 4) is 0 Å². The number of aryl methyl sites for hydroxylation is 1. The van der Waals surface area contributed by atoms with Gasteiger partial charge in [0.25, 0.3) is 0 Å². The van der Waals surface area contributed by atoms with Crippen molar-refractivity contribution in [1.82, 2.24) is 24.6 Å². The minimum atomic E-state index is 0.763. The van der Waals surface area contributed by atoms with E-state index in [1.807, 2.05) is 46.5 Å². The molecule has 0 saturated heterocycles. The van der Waals surface area contributed by atoms with Crippen LogP contribution < -0.4 is 0 Å². The monoisotopic (exact) mass is 367 g/mol. The average molecular weight is 368 g/mol. The predicted octanol–water partition coefficient (Wildman–Crippen LogP) is 4.15. The summed E-state index contributed by atoms with van der Waals surface area (Å²) < 4.78 is 2.03. The van der Waals surface area contributed by atoms with Crippen LogP contribution in [-0.4, -0.2) is 24.6 Å². The number of nitrogens with zero attached hydrogens (tertiary/aromatic N) is 5. The highest BCUT2D eigenvalue weighted by Gasteiger charge is 2.23. The molecule has 0 N–H and O–H groups in total. The van der Waals surface area contributed by atoms with Gasteiger partial charge < -0.3 is 0 Å². The fourth-order valence-corrected chi connectivity index (χ4v) is 5.60. The zero-order valence-electron chi connectivity index (χ0n) is 13.8. The Labute approximate surface area is 153 Å². The van der Waals surface area contributed by atoms with Gasteiger partial charge in [0.05, 0.1) is 11.1 Å². The van der Waals surface area contributed by atoms with Gasteiger partial charge in [0.2, 0.25) is 0 Å². The first-order chi connectivity index (χ1) is 12.3. The molecule has 25 heavy (non-hydrogen) atoms. The molecule has 1 atom stereocenters. The molecule has 7 heteroatoms. The molecule has 4 heterocycles. The third-order valence-corrected chi connectivity index (χ3v) is 6.89. The SMILES string of the molecule is C[C@@H]1CCc2c(sc3ncn4c(SCc5ccccn5)nnc4c23)C1. The Balaban J connectivity index is 1.55. The maximum atomic E-state index is 4.70. The van der Waals surface area contributed by atoms with Gasteiger partial charge in [-0.3, -0.25) is 9.38 Å². The van der Waals surface area contributed by atoms with Crippen molar-refractivity contribution in [3.05, 3.63) is 46.9 Å². The fourth-order valence-electron chi connectivity index (χ4n) is 3.44. The van der Waals surface area contributed by atoms with Crippen molar-refractivity contribution in [2.75, 3.05) is 0 Å². The van der Waals surface area contributed by atoms with Crippen LogP contribution in [0.25, 0.3) is 15.9 Å². The van der Waals surface area contributed by atoms with Crippen LogP contribution in [0.4, 0.5) is 0 Å². The average Bonchev–Trinajstić information content (AvgIpc) is 3.20. The molecule has 1 aliphatic carbocycles. The summed E-state index contributed by atoms with van der Waals surface area (Å²) in [7, 11) is 0. The lowest BCUT2D eigenvalue weighted by Gasteiger charge is -2.17. The highest BCUT2D eigenvalue weighted by molar-refractivity contribution is 7.98. The molecule has 0 amide bonds. The lowest BCUT2D eigenvalue weighted by atomic mass is 9.89. The highest BCUT2D eigenvalue weighted by Crippen LogP contribution is 2.39. The standard InChI is InChI=1S/C18H17N5S2/c1-11-5-6-13-14(8-11)25-17-15(13)16-21-22-18(23(16)10-20-17)24-9-12-4-2-3-7-19-12/h2-4,7,10-11H,5-6,8-9H2,1H3/t11-/m1/s1. The van der Waals surface area contributed by atoms with Gasteiger partial charge in [-0.15, -0.1) is 21.5 Å². The highest BCUT2D eigenvalue weighted by atomic mass is 32.2. The molecule has 0 saturated carbocycles. The molecular weight excluding hydrogens is 350 g/mol. The van der Waals surface area contributed by atoms with Crippen LogP contribution in [0.15, 0.2) is 35.9 Å². The smallest absolute Gasteiger partial charge is 0.197 e. The predicted molar refractivity (Wildman–Crippen MR) is 101 cm³/mol. The van der Waals surface area contributed by atoms with E-state index in [1.165, 1.54) is 22.2 Å². The number of rotatable bonds is 3. The number of fused-ring (bicyclic) bond motifs is 5. The summed E-state index contributed by atoms with van der Waals surface area (Å²) in [6.07, 6.45) is 7.22. The normalized spacial score (nSPS) is 17.2. The van der Waals surface area contributed by atoms with E-state index in [0.717, 1.165) is 45.8 Å². The van der Waals surface area contributed by atoms with Crippen LogP contribution >= 0.6 is 23.1 Å². The lowest BCUT2D eigenvalue weighted by molar-refractivity contribution is 0.509. The number of pyridine rings is 1. The molecule has 0 aliphatic heterocycles. The van der Waals surface area contributed by atoms with Crippen molar-refractivity contribution in [2.45, 2.75) is 37.1 Å². The van der Waals surface area contributed by atoms with E-state index >= 15 is 0 Å². The van der Waals surface area contributed by atoms with E-state index in [2.05, 4.69) is 22.1 Å². The van der Waals surface area contributed by atoms with Crippen LogP contribution in [0.5, 0.6) is 0 Å². The quantitative estimate of drug-likeness (QED) is 0.509. The summed E-state index contributed by atoms with van der Waals surface area (Å²) in [5.74, 6) is 1.54. The topological polar surface area (TPSA) is 56.0 Å². The molecule has 1 aliphatic rings. The van der Waals surface area contributed by atoms with Crippen LogP contribution in [-0.2, 0) is 18.6 Å². The summed E-state index contributed by atoms with van der Waals surface area (Å²) in [6.45, 7) is 2.33. The minimum absolute atomic E-state index is 0.763. The van der Waals surface area contributed by atoms with Gasteiger partial charge in [-0.2, -0.15) is 0 Å². The maximum absolute atomic E-state index is 4.70. The van der Waals surface area contributed by atoms with E-state index in [1.54, 1.807) is 11.8 Å². The van der Waals surface area contributed by atoms with Gasteiger partial charge in [0, 0.05) is 16.8 Å². The molecule has 0 bridgehead atoms. The molecule has 4 aromatic heterocycles. The summed E-state index contributed by atoms with van der Waals surface area (Å²) in [6, 6.07) is 5.97. The van der Waals surface area contributed by atoms with Crippen molar-refractivity contribution in [3.63, 3.8) is 0 Å². The summed E-state index contributed by atoms with van der Waals surface area (Å²) >= 11 is 3.48. The van der Waals surface area contributed by atoms with Crippen LogP contribution in [0, 0.1) is 5.92 Å². The Morgan fingerprint density at radius 1 is 1.28 bits per heavy atom. The first-order valence-corrected chi connectivity index (χ1v) is 10.3. The number of thiophene rings is 1. The van der Waals surface area contributed by atoms with E-state index in [-0.39, 0.29) is 0 Å². The van der Waals surface area contributed by atoms with Crippen LogP contribution in [0.2, 0.25) is 0 Å². The van der Waals surface area contributed by atoms with E-state index in [4.69, 9.17) is 4.98 Å². The summed E-state index contributed by atoms with van der Waals surface area (Å²) in [5, 5.41) is 11.0. The Hall–Kier alpha value is -1.99. The number of hydrogen-bond acceptors (Lipinski definition) is 6. The second-order valence-corrected chi connectivity index (χ2v) is 8.59. The van der Waals surface area contributed by atoms with E-state index in [0.29, 0.717) is 0 Å². The van der Waals surface area contributed by atoms with Gasteiger partial charge in [-0.25, -0.2) is 4.98 Å². The molecule has 0 spiro atoms. The van der Waals surface area contributed by atoms with Crippen molar-refractivity contribution in [1.29, 1.82) is 0 Å². The lowest BCUT2D eigenvalue weighted by Crippen LogP contribution is -2.08. The molecule has 0 radical (unpaired) electrons. The van der Waals surface area contributed by atoms with Gasteiger partial charge in [0.1, 0.15) is 11.2 Å². The van der Waals surface area contributed by atoms with Gasteiger partial charge >= 0.3 is 0 Å². The van der Waals surface area contributed by atoms with Gasteiger partial charge in [-0.05, 0) is 42.9 Å². The molecule has 0 unspecified atom stereocenters. The third-order valence-electron chi connectivity index (χ3n) is 4.75. The Morgan fingerprint density at radius 3 is 3.12 bits per heavy atom. The van der Waals surface area contributed by atoms with Crippen molar-refractivity contribution in [2.24, 2.45) is 5.92 Å². The van der Waals surface area contributed by atoms with Gasteiger partial charge in [0.15, 0.2) is 10.8 Å². The molecule has 5 nitrogen and oxygen atoms in total. The molecule has 5 rings (SSSR count). The van der Waals surface area contributed by atoms with Crippen molar-refractivity contribution >= 4 is 39.0 Å². The van der Waals surface area contributed by atoms with E-state index < -0.39 is 0 Å².